The topological polar surface area (TPSA) is 93.7 Å². The van der Waals surface area contributed by atoms with Gasteiger partial charge in [-0.2, -0.15) is 22.9 Å². The van der Waals surface area contributed by atoms with E-state index >= 15 is 0 Å². The van der Waals surface area contributed by atoms with Gasteiger partial charge in [-0.3, -0.25) is 0 Å². The Balaban J connectivity index is 1.49. The SMILES string of the molecule is Cc1ccccc1-c1nc(N[S+]([O-])c2cccc(N3CCN(C(=O)OC(C)(C)C)CC3)n2)ccc1C(F)(F)F. The molecular formula is C27H30F3N5O3S. The molecule has 1 N–H and O–H groups in total. The molecule has 12 heteroatoms. The van der Waals surface area contributed by atoms with Crippen molar-refractivity contribution in [3.05, 3.63) is 65.7 Å². The van der Waals surface area contributed by atoms with Gasteiger partial charge < -0.3 is 19.1 Å². The van der Waals surface area contributed by atoms with Crippen LogP contribution in [0.5, 0.6) is 0 Å². The maximum Gasteiger partial charge on any atom is 0.418 e. The Morgan fingerprint density at radius 1 is 0.974 bits per heavy atom. The highest BCUT2D eigenvalue weighted by atomic mass is 32.2. The number of alkyl halides is 3. The molecular weight excluding hydrogens is 531 g/mol. The van der Waals surface area contributed by atoms with Crippen LogP contribution in [-0.2, 0) is 22.3 Å². The van der Waals surface area contributed by atoms with E-state index in [4.69, 9.17) is 4.74 Å². The van der Waals surface area contributed by atoms with E-state index in [0.29, 0.717) is 43.1 Å². The van der Waals surface area contributed by atoms with Crippen molar-refractivity contribution in [2.45, 2.75) is 44.5 Å². The van der Waals surface area contributed by atoms with Crippen molar-refractivity contribution < 1.29 is 27.3 Å². The zero-order valence-corrected chi connectivity index (χ0v) is 22.9. The van der Waals surface area contributed by atoms with Crippen molar-refractivity contribution in [2.75, 3.05) is 35.8 Å². The Hall–Kier alpha value is -3.51. The van der Waals surface area contributed by atoms with Crippen molar-refractivity contribution >= 4 is 29.1 Å². The highest BCUT2D eigenvalue weighted by molar-refractivity contribution is 7.92. The number of aryl methyl sites for hydroxylation is 1. The zero-order valence-electron chi connectivity index (χ0n) is 22.1. The van der Waals surface area contributed by atoms with Gasteiger partial charge in [0.1, 0.15) is 22.8 Å². The first-order valence-corrected chi connectivity index (χ1v) is 13.5. The summed E-state index contributed by atoms with van der Waals surface area (Å²) in [6, 6.07) is 13.8. The van der Waals surface area contributed by atoms with E-state index in [2.05, 4.69) is 14.7 Å². The van der Waals surface area contributed by atoms with E-state index in [1.165, 1.54) is 0 Å². The van der Waals surface area contributed by atoms with Gasteiger partial charge in [-0.05, 0) is 51.5 Å². The summed E-state index contributed by atoms with van der Waals surface area (Å²) in [7, 11) is 0. The predicted octanol–water partition coefficient (Wildman–Crippen LogP) is 5.66. The number of rotatable bonds is 5. The molecule has 4 rings (SSSR count). The summed E-state index contributed by atoms with van der Waals surface area (Å²) >= 11 is -1.89. The molecule has 0 bridgehead atoms. The molecule has 3 aromatic rings. The molecule has 2 aromatic heterocycles. The number of nitrogens with one attached hydrogen (secondary N) is 1. The monoisotopic (exact) mass is 561 g/mol. The number of ether oxygens (including phenoxy) is 1. The minimum absolute atomic E-state index is 0.0257. The van der Waals surface area contributed by atoms with Gasteiger partial charge in [0.15, 0.2) is 5.82 Å². The van der Waals surface area contributed by atoms with Crippen LogP contribution in [0.15, 0.2) is 59.6 Å². The van der Waals surface area contributed by atoms with Crippen LogP contribution in [0.1, 0.15) is 31.9 Å². The second kappa shape index (κ2) is 11.3. The van der Waals surface area contributed by atoms with Crippen LogP contribution >= 0.6 is 0 Å². The molecule has 0 spiro atoms. The average molecular weight is 562 g/mol. The fourth-order valence-electron chi connectivity index (χ4n) is 4.06. The average Bonchev–Trinajstić information content (AvgIpc) is 2.87. The number of hydrogen-bond acceptors (Lipinski definition) is 7. The first kappa shape index (κ1) is 28.5. The normalized spacial score (nSPS) is 15.2. The lowest BCUT2D eigenvalue weighted by atomic mass is 10.0. The molecule has 1 aromatic carbocycles. The summed E-state index contributed by atoms with van der Waals surface area (Å²) < 4.78 is 62.4. The number of nitrogens with zero attached hydrogens (tertiary/aromatic N) is 4. The molecule has 0 saturated carbocycles. The highest BCUT2D eigenvalue weighted by Crippen LogP contribution is 2.38. The summed E-state index contributed by atoms with van der Waals surface area (Å²) in [6.07, 6.45) is -4.98. The second-order valence-corrected chi connectivity index (χ2v) is 11.2. The maximum atomic E-state index is 13.7. The van der Waals surface area contributed by atoms with Crippen molar-refractivity contribution in [3.8, 4) is 11.3 Å². The first-order valence-electron chi connectivity index (χ1n) is 12.3. The largest absolute Gasteiger partial charge is 0.587 e. The van der Waals surface area contributed by atoms with Crippen LogP contribution in [-0.4, -0.2) is 57.3 Å². The Labute approximate surface area is 228 Å². The smallest absolute Gasteiger partial charge is 0.418 e. The first-order chi connectivity index (χ1) is 18.3. The lowest BCUT2D eigenvalue weighted by Gasteiger charge is -2.36. The van der Waals surface area contributed by atoms with Gasteiger partial charge in [-0.1, -0.05) is 30.3 Å². The molecule has 1 fully saturated rings. The number of piperazine rings is 1. The lowest BCUT2D eigenvalue weighted by molar-refractivity contribution is -0.137. The van der Waals surface area contributed by atoms with Crippen LogP contribution in [0.2, 0.25) is 0 Å². The number of hydrogen-bond donors (Lipinski definition) is 1. The van der Waals surface area contributed by atoms with Gasteiger partial charge in [-0.15, -0.1) is 0 Å². The molecule has 0 radical (unpaired) electrons. The van der Waals surface area contributed by atoms with Crippen LogP contribution in [0, 0.1) is 6.92 Å². The molecule has 208 valence electrons. The van der Waals surface area contributed by atoms with Crippen LogP contribution < -0.4 is 9.62 Å². The summed E-state index contributed by atoms with van der Waals surface area (Å²) in [5, 5.41) is 0.196. The van der Waals surface area contributed by atoms with Gasteiger partial charge in [0, 0.05) is 37.8 Å². The molecule has 1 amide bonds. The zero-order chi connectivity index (χ0) is 28.4. The standard InChI is InChI=1S/C27H30F3N5O3S/c1-18-8-5-6-9-19(18)24-20(27(28,29)30)12-13-21(31-24)33-39(37)23-11-7-10-22(32-23)34-14-16-35(17-15-34)25(36)38-26(2,3)4/h5-13H,14-17H2,1-4H3,(H,31,33). The predicted molar refractivity (Wildman–Crippen MR) is 144 cm³/mol. The molecule has 3 heterocycles. The summed E-state index contributed by atoms with van der Waals surface area (Å²) in [5.74, 6) is 0.602. The minimum Gasteiger partial charge on any atom is -0.587 e. The summed E-state index contributed by atoms with van der Waals surface area (Å²) in [6.45, 7) is 9.06. The third-order valence-electron chi connectivity index (χ3n) is 5.95. The van der Waals surface area contributed by atoms with Crippen molar-refractivity contribution in [1.82, 2.24) is 14.9 Å². The van der Waals surface area contributed by atoms with E-state index in [9.17, 15) is 22.5 Å². The Kier molecular flexibility index (Phi) is 8.26. The Morgan fingerprint density at radius 3 is 2.31 bits per heavy atom. The van der Waals surface area contributed by atoms with E-state index in [-0.39, 0.29) is 22.6 Å². The molecule has 1 aliphatic heterocycles. The number of benzene rings is 1. The molecule has 8 nitrogen and oxygen atoms in total. The van der Waals surface area contributed by atoms with Gasteiger partial charge in [0.25, 0.3) is 5.03 Å². The van der Waals surface area contributed by atoms with Crippen molar-refractivity contribution in [1.29, 1.82) is 0 Å². The third-order valence-corrected chi connectivity index (χ3v) is 6.95. The summed E-state index contributed by atoms with van der Waals surface area (Å²) in [4.78, 5) is 24.6. The van der Waals surface area contributed by atoms with E-state index in [1.54, 1.807) is 54.3 Å². The number of carbonyl (C=O) groups is 1. The van der Waals surface area contributed by atoms with E-state index < -0.39 is 28.7 Å². The van der Waals surface area contributed by atoms with Crippen LogP contribution in [0.3, 0.4) is 0 Å². The number of pyridine rings is 2. The number of amides is 1. The summed E-state index contributed by atoms with van der Waals surface area (Å²) in [5.41, 5.74) is -0.727. The minimum atomic E-state index is -4.61. The van der Waals surface area contributed by atoms with Crippen LogP contribution in [0.25, 0.3) is 11.3 Å². The maximum absolute atomic E-state index is 13.7. The fraction of sp³-hybridized carbons (Fsp3) is 0.370. The van der Waals surface area contributed by atoms with Crippen molar-refractivity contribution in [2.24, 2.45) is 0 Å². The molecule has 1 saturated heterocycles. The Bertz CT molecular complexity index is 1320. The number of carbonyl (C=O) groups excluding carboxylic acids is 1. The molecule has 1 unspecified atom stereocenters. The van der Waals surface area contributed by atoms with E-state index in [0.717, 1.165) is 12.1 Å². The van der Waals surface area contributed by atoms with Crippen molar-refractivity contribution in [3.63, 3.8) is 0 Å². The highest BCUT2D eigenvalue weighted by Gasteiger charge is 2.35. The number of aromatic nitrogens is 2. The van der Waals surface area contributed by atoms with Crippen LogP contribution in [0.4, 0.5) is 29.6 Å². The van der Waals surface area contributed by atoms with Gasteiger partial charge in [0.05, 0.1) is 11.3 Å². The number of halogens is 3. The second-order valence-electron chi connectivity index (χ2n) is 10.1. The molecule has 1 atom stereocenters. The molecule has 1 aliphatic rings. The van der Waals surface area contributed by atoms with Gasteiger partial charge in [-0.25, -0.2) is 9.78 Å². The quantitative estimate of drug-likeness (QED) is 0.402. The third kappa shape index (κ3) is 7.12. The van der Waals surface area contributed by atoms with Gasteiger partial charge in [0.2, 0.25) is 0 Å². The molecule has 0 aliphatic carbocycles. The fourth-order valence-corrected chi connectivity index (χ4v) is 4.85. The Morgan fingerprint density at radius 2 is 1.67 bits per heavy atom. The van der Waals surface area contributed by atoms with E-state index in [1.807, 2.05) is 25.7 Å². The lowest BCUT2D eigenvalue weighted by Crippen LogP contribution is -2.50. The number of anilines is 2. The molecule has 39 heavy (non-hydrogen) atoms. The van der Waals surface area contributed by atoms with Gasteiger partial charge >= 0.3 is 12.3 Å².